The summed E-state index contributed by atoms with van der Waals surface area (Å²) in [6, 6.07) is 13.6. The fourth-order valence-electron chi connectivity index (χ4n) is 4.44. The standard InChI is InChI=1S/C27H28N8O/c1-16-4-10-25(32-31-16)29-20-7-9-24-23(12-20)28-15-35(24)26-11-8-21(18(3)36)27(30-26)22-14-34(33-17(22)2)13-19-5-6-19/h4,7-12,14-15,18-19,36H,5-6,13H2,1-3H3,(H,29,32). The Morgan fingerprint density at radius 1 is 1.08 bits per heavy atom. The van der Waals surface area contributed by atoms with Crippen LogP contribution in [0, 0.1) is 19.8 Å². The van der Waals surface area contributed by atoms with E-state index in [9.17, 15) is 5.11 Å². The number of aliphatic hydroxyl groups is 1. The first-order chi connectivity index (χ1) is 17.4. The molecule has 0 aliphatic heterocycles. The van der Waals surface area contributed by atoms with E-state index in [0.717, 1.165) is 63.2 Å². The third-order valence-electron chi connectivity index (χ3n) is 6.57. The second-order valence-electron chi connectivity index (χ2n) is 9.58. The van der Waals surface area contributed by atoms with E-state index in [-0.39, 0.29) is 0 Å². The molecule has 1 saturated carbocycles. The molecule has 1 atom stereocenters. The van der Waals surface area contributed by atoms with Crippen molar-refractivity contribution < 1.29 is 5.11 Å². The van der Waals surface area contributed by atoms with Crippen LogP contribution in [-0.4, -0.2) is 39.6 Å². The average molecular weight is 481 g/mol. The third kappa shape index (κ3) is 4.33. The smallest absolute Gasteiger partial charge is 0.153 e. The zero-order chi connectivity index (χ0) is 24.8. The summed E-state index contributed by atoms with van der Waals surface area (Å²) < 4.78 is 3.98. The number of rotatable bonds is 7. The maximum atomic E-state index is 10.5. The Kier molecular flexibility index (Phi) is 5.49. The molecule has 6 rings (SSSR count). The normalized spacial score (nSPS) is 14.3. The first kappa shape index (κ1) is 22.4. The first-order valence-corrected chi connectivity index (χ1v) is 12.2. The molecule has 36 heavy (non-hydrogen) atoms. The number of hydrogen-bond donors (Lipinski definition) is 2. The van der Waals surface area contributed by atoms with Crippen molar-refractivity contribution in [2.24, 2.45) is 5.92 Å². The van der Waals surface area contributed by atoms with Crippen LogP contribution >= 0.6 is 0 Å². The minimum atomic E-state index is -0.647. The maximum Gasteiger partial charge on any atom is 0.153 e. The Labute approximate surface area is 208 Å². The van der Waals surface area contributed by atoms with Gasteiger partial charge in [-0.25, -0.2) is 9.97 Å². The van der Waals surface area contributed by atoms with Gasteiger partial charge in [-0.05, 0) is 75.9 Å². The van der Waals surface area contributed by atoms with Gasteiger partial charge in [0.15, 0.2) is 5.82 Å². The second kappa shape index (κ2) is 8.83. The molecule has 1 aromatic carbocycles. The fourth-order valence-corrected chi connectivity index (χ4v) is 4.44. The maximum absolute atomic E-state index is 10.5. The van der Waals surface area contributed by atoms with Gasteiger partial charge in [-0.3, -0.25) is 9.25 Å². The predicted octanol–water partition coefficient (Wildman–Crippen LogP) is 4.90. The van der Waals surface area contributed by atoms with Gasteiger partial charge in [0.25, 0.3) is 0 Å². The van der Waals surface area contributed by atoms with Crippen molar-refractivity contribution in [3.05, 3.63) is 71.9 Å². The molecule has 1 aliphatic rings. The molecule has 5 aromatic rings. The molecule has 0 spiro atoms. The number of pyridine rings is 1. The van der Waals surface area contributed by atoms with Crippen molar-refractivity contribution in [2.45, 2.75) is 46.3 Å². The SMILES string of the molecule is Cc1ccc(Nc2ccc3c(c2)ncn3-c2ccc(C(C)O)c(-c3cn(CC4CC4)nc3C)n2)nn1. The molecule has 1 aliphatic carbocycles. The quantitative estimate of drug-likeness (QED) is 0.341. The molecule has 0 radical (unpaired) electrons. The summed E-state index contributed by atoms with van der Waals surface area (Å²) in [6.45, 7) is 6.60. The third-order valence-corrected chi connectivity index (χ3v) is 6.57. The van der Waals surface area contributed by atoms with Gasteiger partial charge in [0, 0.05) is 29.6 Å². The topological polar surface area (TPSA) is 107 Å². The van der Waals surface area contributed by atoms with Gasteiger partial charge in [-0.2, -0.15) is 10.2 Å². The van der Waals surface area contributed by atoms with Crippen LogP contribution < -0.4 is 5.32 Å². The van der Waals surface area contributed by atoms with Crippen molar-refractivity contribution >= 4 is 22.5 Å². The predicted molar refractivity (Wildman–Crippen MR) is 138 cm³/mol. The number of fused-ring (bicyclic) bond motifs is 1. The lowest BCUT2D eigenvalue weighted by Gasteiger charge is -2.13. The minimum absolute atomic E-state index is 0.647. The van der Waals surface area contributed by atoms with Crippen LogP contribution in [-0.2, 0) is 6.54 Å². The van der Waals surface area contributed by atoms with Crippen molar-refractivity contribution in [3.8, 4) is 17.1 Å². The Bertz CT molecular complexity index is 1550. The second-order valence-corrected chi connectivity index (χ2v) is 9.58. The van der Waals surface area contributed by atoms with E-state index in [1.807, 2.05) is 65.6 Å². The van der Waals surface area contributed by atoms with Crippen LogP contribution in [0.3, 0.4) is 0 Å². The van der Waals surface area contributed by atoms with Gasteiger partial charge in [-0.15, -0.1) is 5.10 Å². The number of nitrogens with zero attached hydrogens (tertiary/aromatic N) is 7. The molecular formula is C27H28N8O. The van der Waals surface area contributed by atoms with E-state index >= 15 is 0 Å². The van der Waals surface area contributed by atoms with Gasteiger partial charge in [0.05, 0.1) is 34.2 Å². The molecule has 182 valence electrons. The van der Waals surface area contributed by atoms with Crippen LogP contribution in [0.5, 0.6) is 0 Å². The highest BCUT2D eigenvalue weighted by Gasteiger charge is 2.24. The van der Waals surface area contributed by atoms with Crippen LogP contribution in [0.4, 0.5) is 11.5 Å². The number of benzene rings is 1. The van der Waals surface area contributed by atoms with E-state index in [4.69, 9.17) is 10.1 Å². The van der Waals surface area contributed by atoms with E-state index in [1.165, 1.54) is 12.8 Å². The van der Waals surface area contributed by atoms with Gasteiger partial charge >= 0.3 is 0 Å². The number of imidazole rings is 1. The molecule has 4 heterocycles. The zero-order valence-electron chi connectivity index (χ0n) is 20.5. The number of hydrogen-bond acceptors (Lipinski definition) is 7. The van der Waals surface area contributed by atoms with Crippen molar-refractivity contribution in [1.29, 1.82) is 0 Å². The highest BCUT2D eigenvalue weighted by atomic mass is 16.3. The van der Waals surface area contributed by atoms with E-state index in [0.29, 0.717) is 5.82 Å². The van der Waals surface area contributed by atoms with Crippen LogP contribution in [0.2, 0.25) is 0 Å². The van der Waals surface area contributed by atoms with Gasteiger partial charge in [0.1, 0.15) is 12.1 Å². The van der Waals surface area contributed by atoms with Crippen LogP contribution in [0.25, 0.3) is 28.1 Å². The number of anilines is 2. The first-order valence-electron chi connectivity index (χ1n) is 12.2. The summed E-state index contributed by atoms with van der Waals surface area (Å²) in [4.78, 5) is 9.61. The van der Waals surface area contributed by atoms with Gasteiger partial charge in [0.2, 0.25) is 0 Å². The summed E-state index contributed by atoms with van der Waals surface area (Å²) in [6.07, 6.45) is 5.72. The molecule has 9 nitrogen and oxygen atoms in total. The van der Waals surface area contributed by atoms with Crippen LogP contribution in [0.15, 0.2) is 55.0 Å². The summed E-state index contributed by atoms with van der Waals surface area (Å²) in [5.41, 5.74) is 6.90. The van der Waals surface area contributed by atoms with Crippen molar-refractivity contribution in [1.82, 2.24) is 34.5 Å². The molecule has 1 fully saturated rings. The lowest BCUT2D eigenvalue weighted by molar-refractivity contribution is 0.199. The molecule has 4 aromatic heterocycles. The molecular weight excluding hydrogens is 452 g/mol. The van der Waals surface area contributed by atoms with Crippen molar-refractivity contribution in [2.75, 3.05) is 5.32 Å². The molecule has 0 saturated heterocycles. The van der Waals surface area contributed by atoms with Crippen molar-refractivity contribution in [3.63, 3.8) is 0 Å². The Morgan fingerprint density at radius 2 is 1.94 bits per heavy atom. The molecule has 9 heteroatoms. The largest absolute Gasteiger partial charge is 0.389 e. The van der Waals surface area contributed by atoms with E-state index in [2.05, 4.69) is 26.7 Å². The Morgan fingerprint density at radius 3 is 2.69 bits per heavy atom. The molecule has 0 amide bonds. The zero-order valence-corrected chi connectivity index (χ0v) is 20.5. The van der Waals surface area contributed by atoms with E-state index in [1.54, 1.807) is 13.3 Å². The number of aromatic nitrogens is 7. The Hall–Kier alpha value is -4.11. The highest BCUT2D eigenvalue weighted by molar-refractivity contribution is 5.82. The van der Waals surface area contributed by atoms with Crippen LogP contribution in [0.1, 0.15) is 42.8 Å². The summed E-state index contributed by atoms with van der Waals surface area (Å²) in [5.74, 6) is 2.13. The number of nitrogens with one attached hydrogen (secondary N) is 1. The van der Waals surface area contributed by atoms with Gasteiger partial charge < -0.3 is 10.4 Å². The average Bonchev–Trinajstić information content (AvgIpc) is 3.46. The molecule has 2 N–H and O–H groups in total. The van der Waals surface area contributed by atoms with E-state index < -0.39 is 6.10 Å². The number of aryl methyl sites for hydroxylation is 2. The highest BCUT2D eigenvalue weighted by Crippen LogP contribution is 2.33. The summed E-state index contributed by atoms with van der Waals surface area (Å²) in [7, 11) is 0. The lowest BCUT2D eigenvalue weighted by atomic mass is 10.0. The number of aliphatic hydroxyl groups excluding tert-OH is 1. The Balaban J connectivity index is 1.36. The summed E-state index contributed by atoms with van der Waals surface area (Å²) in [5, 5.41) is 26.7. The van der Waals surface area contributed by atoms with Gasteiger partial charge in [-0.1, -0.05) is 6.07 Å². The summed E-state index contributed by atoms with van der Waals surface area (Å²) >= 11 is 0. The minimum Gasteiger partial charge on any atom is -0.389 e. The monoisotopic (exact) mass is 480 g/mol. The lowest BCUT2D eigenvalue weighted by Crippen LogP contribution is -2.03. The fraction of sp³-hybridized carbons (Fsp3) is 0.296. The molecule has 1 unspecified atom stereocenters. The molecule has 0 bridgehead atoms.